The van der Waals surface area contributed by atoms with Gasteiger partial charge in [0.05, 0.1) is 0 Å². The van der Waals surface area contributed by atoms with Crippen molar-refractivity contribution in [3.63, 3.8) is 0 Å². The first kappa shape index (κ1) is 15.1. The van der Waals surface area contributed by atoms with E-state index in [1.807, 2.05) is 7.05 Å². The third kappa shape index (κ3) is 3.50. The SMILES string of the molecule is CNCCCN(c1ccccc1)C1CCc2ccccc2C1. The summed E-state index contributed by atoms with van der Waals surface area (Å²) in [5.41, 5.74) is 4.44. The van der Waals surface area contributed by atoms with Crippen LogP contribution in [0.15, 0.2) is 54.6 Å². The summed E-state index contributed by atoms with van der Waals surface area (Å²) in [6.45, 7) is 2.20. The van der Waals surface area contributed by atoms with Crippen molar-refractivity contribution in [1.29, 1.82) is 0 Å². The maximum Gasteiger partial charge on any atom is 0.0368 e. The maximum atomic E-state index is 3.27. The van der Waals surface area contributed by atoms with E-state index >= 15 is 0 Å². The smallest absolute Gasteiger partial charge is 0.0368 e. The Balaban J connectivity index is 1.77. The van der Waals surface area contributed by atoms with Gasteiger partial charge in [-0.3, -0.25) is 0 Å². The first-order valence-electron chi connectivity index (χ1n) is 8.41. The maximum absolute atomic E-state index is 3.27. The molecule has 3 rings (SSSR count). The molecular formula is C20H26N2. The summed E-state index contributed by atoms with van der Waals surface area (Å²) in [6, 6.07) is 20.5. The Labute approximate surface area is 134 Å². The van der Waals surface area contributed by atoms with Crippen LogP contribution in [0, 0.1) is 0 Å². The number of hydrogen-bond donors (Lipinski definition) is 1. The van der Waals surface area contributed by atoms with Gasteiger partial charge in [0.2, 0.25) is 0 Å². The zero-order chi connectivity index (χ0) is 15.2. The van der Waals surface area contributed by atoms with E-state index in [0.717, 1.165) is 13.1 Å². The van der Waals surface area contributed by atoms with E-state index in [-0.39, 0.29) is 0 Å². The average Bonchev–Trinajstić information content (AvgIpc) is 2.59. The molecule has 2 nitrogen and oxygen atoms in total. The van der Waals surface area contributed by atoms with Crippen LogP contribution in [0.1, 0.15) is 24.0 Å². The van der Waals surface area contributed by atoms with Crippen LogP contribution in [-0.4, -0.2) is 26.2 Å². The molecule has 0 heterocycles. The number of hydrogen-bond acceptors (Lipinski definition) is 2. The summed E-state index contributed by atoms with van der Waals surface area (Å²) < 4.78 is 0. The molecule has 2 heteroatoms. The Kier molecular flexibility index (Phi) is 5.12. The van der Waals surface area contributed by atoms with Crippen molar-refractivity contribution >= 4 is 5.69 Å². The lowest BCUT2D eigenvalue weighted by Gasteiger charge is -2.37. The molecule has 1 aliphatic carbocycles. The van der Waals surface area contributed by atoms with Crippen LogP contribution in [-0.2, 0) is 12.8 Å². The Bertz CT molecular complexity index is 579. The second-order valence-corrected chi connectivity index (χ2v) is 6.15. The largest absolute Gasteiger partial charge is 0.368 e. The quantitative estimate of drug-likeness (QED) is 0.818. The number of nitrogens with zero attached hydrogens (tertiary/aromatic N) is 1. The Morgan fingerprint density at radius 1 is 1.00 bits per heavy atom. The Hall–Kier alpha value is -1.80. The lowest BCUT2D eigenvalue weighted by atomic mass is 9.87. The van der Waals surface area contributed by atoms with E-state index in [0.29, 0.717) is 6.04 Å². The lowest BCUT2D eigenvalue weighted by Crippen LogP contribution is -2.40. The molecule has 0 radical (unpaired) electrons. The molecule has 22 heavy (non-hydrogen) atoms. The van der Waals surface area contributed by atoms with Crippen molar-refractivity contribution in [2.75, 3.05) is 25.0 Å². The van der Waals surface area contributed by atoms with Crippen molar-refractivity contribution in [2.45, 2.75) is 31.7 Å². The van der Waals surface area contributed by atoms with E-state index in [1.54, 1.807) is 5.56 Å². The zero-order valence-electron chi connectivity index (χ0n) is 13.5. The standard InChI is InChI=1S/C20H26N2/c1-21-14-7-15-22(19-10-3-2-4-11-19)20-13-12-17-8-5-6-9-18(17)16-20/h2-6,8-11,20-21H,7,12-16H2,1H3. The van der Waals surface area contributed by atoms with Gasteiger partial charge in [0.15, 0.2) is 0 Å². The first-order chi connectivity index (χ1) is 10.9. The van der Waals surface area contributed by atoms with Gasteiger partial charge in [0.25, 0.3) is 0 Å². The number of rotatable bonds is 6. The van der Waals surface area contributed by atoms with E-state index < -0.39 is 0 Å². The summed E-state index contributed by atoms with van der Waals surface area (Å²) in [6.07, 6.45) is 4.82. The monoisotopic (exact) mass is 294 g/mol. The summed E-state index contributed by atoms with van der Waals surface area (Å²) in [7, 11) is 2.03. The van der Waals surface area contributed by atoms with Gasteiger partial charge in [-0.2, -0.15) is 0 Å². The van der Waals surface area contributed by atoms with Crippen molar-refractivity contribution in [2.24, 2.45) is 0 Å². The zero-order valence-corrected chi connectivity index (χ0v) is 13.5. The molecule has 0 fully saturated rings. The van der Waals surface area contributed by atoms with Crippen molar-refractivity contribution in [1.82, 2.24) is 5.32 Å². The molecule has 1 atom stereocenters. The second-order valence-electron chi connectivity index (χ2n) is 6.15. The molecule has 1 unspecified atom stereocenters. The molecule has 0 bridgehead atoms. The predicted molar refractivity (Wildman–Crippen MR) is 94.6 cm³/mol. The third-order valence-electron chi connectivity index (χ3n) is 4.68. The highest BCUT2D eigenvalue weighted by atomic mass is 15.2. The van der Waals surface area contributed by atoms with Crippen LogP contribution in [0.25, 0.3) is 0 Å². The Morgan fingerprint density at radius 2 is 1.73 bits per heavy atom. The minimum Gasteiger partial charge on any atom is -0.368 e. The number of para-hydroxylation sites is 1. The topological polar surface area (TPSA) is 15.3 Å². The van der Waals surface area contributed by atoms with Crippen LogP contribution in [0.2, 0.25) is 0 Å². The minimum atomic E-state index is 0.620. The average molecular weight is 294 g/mol. The summed E-state index contributed by atoms with van der Waals surface area (Å²) >= 11 is 0. The van der Waals surface area contributed by atoms with Crippen LogP contribution in [0.5, 0.6) is 0 Å². The predicted octanol–water partition coefficient (Wildman–Crippen LogP) is 3.66. The van der Waals surface area contributed by atoms with Gasteiger partial charge in [-0.15, -0.1) is 0 Å². The molecule has 116 valence electrons. The van der Waals surface area contributed by atoms with E-state index in [4.69, 9.17) is 0 Å². The van der Waals surface area contributed by atoms with Gasteiger partial charge in [0.1, 0.15) is 0 Å². The number of fused-ring (bicyclic) bond motifs is 1. The molecule has 2 aromatic rings. The molecule has 0 aromatic heterocycles. The fourth-order valence-electron chi connectivity index (χ4n) is 3.51. The third-order valence-corrected chi connectivity index (χ3v) is 4.68. The van der Waals surface area contributed by atoms with E-state index in [2.05, 4.69) is 64.8 Å². The number of aryl methyl sites for hydroxylation is 1. The van der Waals surface area contributed by atoms with Gasteiger partial charge >= 0.3 is 0 Å². The number of nitrogens with one attached hydrogen (secondary N) is 1. The molecular weight excluding hydrogens is 268 g/mol. The van der Waals surface area contributed by atoms with Crippen molar-refractivity contribution in [3.8, 4) is 0 Å². The molecule has 0 saturated carbocycles. The molecule has 0 amide bonds. The van der Waals surface area contributed by atoms with Gasteiger partial charge in [-0.25, -0.2) is 0 Å². The molecule has 0 saturated heterocycles. The van der Waals surface area contributed by atoms with Crippen molar-refractivity contribution in [3.05, 3.63) is 65.7 Å². The summed E-state index contributed by atoms with van der Waals surface area (Å²) in [5.74, 6) is 0. The van der Waals surface area contributed by atoms with Gasteiger partial charge < -0.3 is 10.2 Å². The van der Waals surface area contributed by atoms with Crippen LogP contribution in [0.4, 0.5) is 5.69 Å². The number of anilines is 1. The highest BCUT2D eigenvalue weighted by Gasteiger charge is 2.24. The van der Waals surface area contributed by atoms with E-state index in [1.165, 1.54) is 36.9 Å². The number of benzene rings is 2. The summed E-state index contributed by atoms with van der Waals surface area (Å²) in [5, 5.41) is 3.27. The normalized spacial score (nSPS) is 17.0. The molecule has 1 aliphatic rings. The highest BCUT2D eigenvalue weighted by molar-refractivity contribution is 5.48. The van der Waals surface area contributed by atoms with Gasteiger partial charge in [-0.05, 0) is 62.5 Å². The second kappa shape index (κ2) is 7.46. The fourth-order valence-corrected chi connectivity index (χ4v) is 3.51. The van der Waals surface area contributed by atoms with Crippen LogP contribution < -0.4 is 10.2 Å². The van der Waals surface area contributed by atoms with Crippen molar-refractivity contribution < 1.29 is 0 Å². The molecule has 1 N–H and O–H groups in total. The van der Waals surface area contributed by atoms with E-state index in [9.17, 15) is 0 Å². The molecule has 2 aromatic carbocycles. The summed E-state index contributed by atoms with van der Waals surface area (Å²) in [4.78, 5) is 2.62. The first-order valence-corrected chi connectivity index (χ1v) is 8.41. The van der Waals surface area contributed by atoms with Crippen LogP contribution >= 0.6 is 0 Å². The van der Waals surface area contributed by atoms with Crippen LogP contribution in [0.3, 0.4) is 0 Å². The Morgan fingerprint density at radius 3 is 2.50 bits per heavy atom. The lowest BCUT2D eigenvalue weighted by molar-refractivity contribution is 0.512. The highest BCUT2D eigenvalue weighted by Crippen LogP contribution is 2.28. The molecule has 0 spiro atoms. The van der Waals surface area contributed by atoms with Gasteiger partial charge in [-0.1, -0.05) is 42.5 Å². The minimum absolute atomic E-state index is 0.620. The fraction of sp³-hybridized carbons (Fsp3) is 0.400. The molecule has 0 aliphatic heterocycles. The van der Waals surface area contributed by atoms with Gasteiger partial charge in [0, 0.05) is 18.3 Å².